The Hall–Kier alpha value is -2.44. The van der Waals surface area contributed by atoms with Crippen LogP contribution in [0.5, 0.6) is 0 Å². The number of nitrogens with two attached hydrogens (primary N) is 1. The molecule has 0 atom stereocenters. The molecule has 28 heavy (non-hydrogen) atoms. The van der Waals surface area contributed by atoms with Crippen molar-refractivity contribution < 1.29 is 19.1 Å². The summed E-state index contributed by atoms with van der Waals surface area (Å²) in [6, 6.07) is 5.58. The van der Waals surface area contributed by atoms with Gasteiger partial charge in [0.15, 0.2) is 0 Å². The van der Waals surface area contributed by atoms with Crippen molar-refractivity contribution >= 4 is 23.6 Å². The van der Waals surface area contributed by atoms with Crippen LogP contribution in [-0.4, -0.2) is 41.4 Å². The molecular weight excluding hydrogens is 358 g/mol. The van der Waals surface area contributed by atoms with E-state index >= 15 is 0 Å². The van der Waals surface area contributed by atoms with Gasteiger partial charge in [0, 0.05) is 24.5 Å². The van der Waals surface area contributed by atoms with E-state index in [9.17, 15) is 9.59 Å². The second-order valence-corrected chi connectivity index (χ2v) is 9.13. The maximum atomic E-state index is 12.8. The molecule has 1 aliphatic heterocycles. The van der Waals surface area contributed by atoms with Crippen molar-refractivity contribution in [2.45, 2.75) is 72.1 Å². The lowest BCUT2D eigenvalue weighted by atomic mass is 10.1. The van der Waals surface area contributed by atoms with Gasteiger partial charge in [0.05, 0.1) is 6.54 Å². The lowest BCUT2D eigenvalue weighted by Crippen LogP contribution is -2.43. The van der Waals surface area contributed by atoms with Gasteiger partial charge in [0.25, 0.3) is 0 Å². The molecule has 2 N–H and O–H groups in total. The Labute approximate surface area is 167 Å². The number of anilines is 2. The summed E-state index contributed by atoms with van der Waals surface area (Å²) in [5, 5.41) is 0. The Balaban J connectivity index is 2.34. The smallest absolute Gasteiger partial charge is 0.420 e. The molecule has 1 aromatic carbocycles. The van der Waals surface area contributed by atoms with Gasteiger partial charge in [0.2, 0.25) is 0 Å². The first-order chi connectivity index (χ1) is 12.9. The zero-order chi connectivity index (χ0) is 21.1. The van der Waals surface area contributed by atoms with Gasteiger partial charge in [0.1, 0.15) is 11.2 Å². The molecule has 1 fully saturated rings. The van der Waals surface area contributed by atoms with Crippen molar-refractivity contribution in [2.75, 3.05) is 23.7 Å². The summed E-state index contributed by atoms with van der Waals surface area (Å²) < 4.78 is 10.9. The van der Waals surface area contributed by atoms with Crippen LogP contribution < -0.4 is 10.6 Å². The van der Waals surface area contributed by atoms with Gasteiger partial charge in [-0.3, -0.25) is 0 Å². The molecular formula is C21H33N3O4. The first-order valence-electron chi connectivity index (χ1n) is 9.72. The van der Waals surface area contributed by atoms with Gasteiger partial charge in [-0.1, -0.05) is 0 Å². The third-order valence-corrected chi connectivity index (χ3v) is 4.11. The molecule has 0 saturated carbocycles. The average molecular weight is 392 g/mol. The lowest BCUT2D eigenvalue weighted by molar-refractivity contribution is -0.000215. The summed E-state index contributed by atoms with van der Waals surface area (Å²) in [6.07, 6.45) is 0.755. The van der Waals surface area contributed by atoms with E-state index < -0.39 is 23.4 Å². The fourth-order valence-electron chi connectivity index (χ4n) is 3.01. The van der Waals surface area contributed by atoms with Crippen LogP contribution in [0.15, 0.2) is 18.2 Å². The van der Waals surface area contributed by atoms with Crippen molar-refractivity contribution in [3.63, 3.8) is 0 Å². The average Bonchev–Trinajstić information content (AvgIpc) is 3.03. The van der Waals surface area contributed by atoms with Gasteiger partial charge < -0.3 is 20.1 Å². The van der Waals surface area contributed by atoms with E-state index in [1.807, 2.05) is 12.1 Å². The van der Waals surface area contributed by atoms with Gasteiger partial charge in [-0.2, -0.15) is 0 Å². The molecule has 2 rings (SSSR count). The third-order valence-electron chi connectivity index (χ3n) is 4.11. The SMILES string of the molecule is CC(C)(C)OC(=O)N(Cc1cc(N)ccc1N1CCCC1)C(=O)OC(C)(C)C. The Morgan fingerprint density at radius 3 is 1.96 bits per heavy atom. The van der Waals surface area contributed by atoms with Crippen LogP contribution in [0.2, 0.25) is 0 Å². The standard InChI is InChI=1S/C21H33N3O4/c1-20(2,3)27-18(25)24(19(26)28-21(4,5)6)14-15-13-16(22)9-10-17(15)23-11-7-8-12-23/h9-10,13H,7-8,11-12,14,22H2,1-6H3. The molecule has 1 aromatic rings. The minimum absolute atomic E-state index is 0.0285. The van der Waals surface area contributed by atoms with Crippen LogP contribution in [0, 0.1) is 0 Å². The molecule has 1 saturated heterocycles. The number of nitrogens with zero attached hydrogens (tertiary/aromatic N) is 2. The van der Waals surface area contributed by atoms with E-state index in [0.717, 1.165) is 42.1 Å². The van der Waals surface area contributed by atoms with E-state index in [4.69, 9.17) is 15.2 Å². The van der Waals surface area contributed by atoms with Crippen LogP contribution in [0.25, 0.3) is 0 Å². The largest absolute Gasteiger partial charge is 0.443 e. The zero-order valence-corrected chi connectivity index (χ0v) is 17.9. The van der Waals surface area contributed by atoms with Gasteiger partial charge in [-0.05, 0) is 78.1 Å². The second kappa shape index (κ2) is 8.29. The molecule has 0 unspecified atom stereocenters. The summed E-state index contributed by atoms with van der Waals surface area (Å²) in [5.74, 6) is 0. The first-order valence-corrected chi connectivity index (χ1v) is 9.72. The van der Waals surface area contributed by atoms with E-state index in [-0.39, 0.29) is 6.54 Å². The Bertz CT molecular complexity index is 685. The first kappa shape index (κ1) is 21.9. The van der Waals surface area contributed by atoms with Gasteiger partial charge >= 0.3 is 12.2 Å². The highest BCUT2D eigenvalue weighted by atomic mass is 16.6. The van der Waals surface area contributed by atoms with Crippen molar-refractivity contribution in [2.24, 2.45) is 0 Å². The molecule has 156 valence electrons. The highest BCUT2D eigenvalue weighted by Crippen LogP contribution is 2.29. The quantitative estimate of drug-likeness (QED) is 0.761. The Morgan fingerprint density at radius 1 is 1.00 bits per heavy atom. The minimum Gasteiger partial charge on any atom is -0.443 e. The summed E-state index contributed by atoms with van der Waals surface area (Å²) in [6.45, 7) is 12.5. The summed E-state index contributed by atoms with van der Waals surface area (Å²) in [4.78, 5) is 28.8. The highest BCUT2D eigenvalue weighted by molar-refractivity contribution is 5.88. The highest BCUT2D eigenvalue weighted by Gasteiger charge is 2.32. The van der Waals surface area contributed by atoms with Crippen LogP contribution >= 0.6 is 0 Å². The zero-order valence-electron chi connectivity index (χ0n) is 17.9. The number of hydrogen-bond acceptors (Lipinski definition) is 6. The third kappa shape index (κ3) is 6.32. The Morgan fingerprint density at radius 2 is 1.50 bits per heavy atom. The fourth-order valence-corrected chi connectivity index (χ4v) is 3.01. The molecule has 7 heteroatoms. The van der Waals surface area contributed by atoms with Gasteiger partial charge in [-0.15, -0.1) is 0 Å². The predicted molar refractivity (Wildman–Crippen MR) is 110 cm³/mol. The monoisotopic (exact) mass is 391 g/mol. The number of nitrogen functional groups attached to an aromatic ring is 1. The van der Waals surface area contributed by atoms with Crippen molar-refractivity contribution in [3.8, 4) is 0 Å². The molecule has 7 nitrogen and oxygen atoms in total. The minimum atomic E-state index is -0.739. The van der Waals surface area contributed by atoms with Gasteiger partial charge in [-0.25, -0.2) is 14.5 Å². The Kier molecular flexibility index (Phi) is 6.47. The van der Waals surface area contributed by atoms with Crippen molar-refractivity contribution in [1.82, 2.24) is 4.90 Å². The van der Waals surface area contributed by atoms with Crippen molar-refractivity contribution in [1.29, 1.82) is 0 Å². The van der Waals surface area contributed by atoms with Crippen LogP contribution in [0.1, 0.15) is 59.9 Å². The molecule has 0 radical (unpaired) electrons. The number of carbonyl (C=O) groups is 2. The topological polar surface area (TPSA) is 85.1 Å². The van der Waals surface area contributed by atoms with Crippen LogP contribution in [-0.2, 0) is 16.0 Å². The van der Waals surface area contributed by atoms with E-state index in [1.165, 1.54) is 0 Å². The molecule has 1 aliphatic rings. The van der Waals surface area contributed by atoms with E-state index in [0.29, 0.717) is 5.69 Å². The van der Waals surface area contributed by atoms with Crippen LogP contribution in [0.4, 0.5) is 21.0 Å². The second-order valence-electron chi connectivity index (χ2n) is 9.13. The summed E-state index contributed by atoms with van der Waals surface area (Å²) in [5.41, 5.74) is 6.87. The normalized spacial score (nSPS) is 14.7. The number of hydrogen-bond donors (Lipinski definition) is 1. The maximum absolute atomic E-state index is 12.8. The molecule has 2 amide bonds. The molecule has 0 aliphatic carbocycles. The number of amides is 2. The predicted octanol–water partition coefficient (Wildman–Crippen LogP) is 4.54. The molecule has 0 bridgehead atoms. The number of benzene rings is 1. The van der Waals surface area contributed by atoms with Crippen molar-refractivity contribution in [3.05, 3.63) is 23.8 Å². The van der Waals surface area contributed by atoms with E-state index in [1.54, 1.807) is 47.6 Å². The van der Waals surface area contributed by atoms with E-state index in [2.05, 4.69) is 4.90 Å². The fraction of sp³-hybridized carbons (Fsp3) is 0.619. The molecule has 0 spiro atoms. The number of ether oxygens (including phenoxy) is 2. The number of carbonyl (C=O) groups excluding carboxylic acids is 2. The summed E-state index contributed by atoms with van der Waals surface area (Å²) in [7, 11) is 0. The lowest BCUT2D eigenvalue weighted by Gasteiger charge is -2.30. The molecule has 0 aromatic heterocycles. The molecule has 1 heterocycles. The number of imide groups is 1. The maximum Gasteiger partial charge on any atom is 0.420 e. The summed E-state index contributed by atoms with van der Waals surface area (Å²) >= 11 is 0. The number of rotatable bonds is 3. The van der Waals surface area contributed by atoms with Crippen LogP contribution in [0.3, 0.4) is 0 Å².